The summed E-state index contributed by atoms with van der Waals surface area (Å²) in [6.07, 6.45) is 4.72. The van der Waals surface area contributed by atoms with Crippen LogP contribution < -0.4 is 4.74 Å². The third-order valence-electron chi connectivity index (χ3n) is 5.39. The molecule has 3 atom stereocenters. The lowest BCUT2D eigenvalue weighted by atomic mass is 10.0. The quantitative estimate of drug-likeness (QED) is 0.480. The Morgan fingerprint density at radius 1 is 1.00 bits per heavy atom. The molecule has 0 aliphatic heterocycles. The third-order valence-corrected chi connectivity index (χ3v) is 5.39. The van der Waals surface area contributed by atoms with Crippen LogP contribution >= 0.6 is 0 Å². The number of hydrogen-bond acceptors (Lipinski definition) is 3. The zero-order chi connectivity index (χ0) is 16.0. The van der Waals surface area contributed by atoms with Gasteiger partial charge in [-0.15, -0.1) is 0 Å². The van der Waals surface area contributed by atoms with Crippen molar-refractivity contribution in [1.82, 2.24) is 0 Å². The molecule has 0 saturated heterocycles. The van der Waals surface area contributed by atoms with Crippen LogP contribution in [0.5, 0.6) is 5.75 Å². The summed E-state index contributed by atoms with van der Waals surface area (Å²) in [4.78, 5) is 24.6. The monoisotopic (exact) mass is 308 g/mol. The molecule has 118 valence electrons. The molecule has 3 nitrogen and oxygen atoms in total. The summed E-state index contributed by atoms with van der Waals surface area (Å²) in [5.41, 5.74) is 0.487. The van der Waals surface area contributed by atoms with Crippen molar-refractivity contribution in [2.45, 2.75) is 32.6 Å². The topological polar surface area (TPSA) is 43.4 Å². The van der Waals surface area contributed by atoms with Crippen LogP contribution in [-0.4, -0.2) is 11.8 Å². The van der Waals surface area contributed by atoms with Gasteiger partial charge in [0.05, 0.1) is 11.5 Å². The van der Waals surface area contributed by atoms with Gasteiger partial charge in [-0.2, -0.15) is 0 Å². The Hall–Kier alpha value is -2.16. The molecule has 1 unspecified atom stereocenters. The largest absolute Gasteiger partial charge is 0.425 e. The number of carbonyl (C=O) groups excluding carboxylic acids is 2. The molecule has 2 aliphatic carbocycles. The molecule has 0 aromatic heterocycles. The second kappa shape index (κ2) is 5.48. The summed E-state index contributed by atoms with van der Waals surface area (Å²) in [5.74, 6) is 1.26. The van der Waals surface area contributed by atoms with Crippen LogP contribution in [0.2, 0.25) is 0 Å². The second-order valence-corrected chi connectivity index (χ2v) is 6.78. The molecule has 0 spiro atoms. The van der Waals surface area contributed by atoms with E-state index in [-0.39, 0.29) is 17.7 Å². The van der Waals surface area contributed by atoms with Crippen molar-refractivity contribution in [3.05, 3.63) is 42.0 Å². The van der Waals surface area contributed by atoms with E-state index in [1.54, 1.807) is 6.07 Å². The summed E-state index contributed by atoms with van der Waals surface area (Å²) in [7, 11) is 0. The molecule has 0 N–H and O–H groups in total. The fraction of sp³-hybridized carbons (Fsp3) is 0.400. The van der Waals surface area contributed by atoms with Crippen molar-refractivity contribution >= 4 is 22.5 Å². The smallest absolute Gasteiger partial charge is 0.314 e. The highest BCUT2D eigenvalue weighted by molar-refractivity contribution is 6.05. The minimum absolute atomic E-state index is 0.0382. The predicted octanol–water partition coefficient (Wildman–Crippen LogP) is 4.38. The predicted molar refractivity (Wildman–Crippen MR) is 88.5 cm³/mol. The van der Waals surface area contributed by atoms with Crippen LogP contribution in [-0.2, 0) is 4.79 Å². The summed E-state index contributed by atoms with van der Waals surface area (Å²) in [5, 5.41) is 1.81. The fourth-order valence-corrected chi connectivity index (χ4v) is 4.14. The molecule has 2 fully saturated rings. The summed E-state index contributed by atoms with van der Waals surface area (Å²) >= 11 is 0. The number of rotatable bonds is 3. The van der Waals surface area contributed by atoms with Crippen LogP contribution in [0.1, 0.15) is 43.0 Å². The maximum atomic E-state index is 12.6. The molecule has 23 heavy (non-hydrogen) atoms. The van der Waals surface area contributed by atoms with Gasteiger partial charge in [0.1, 0.15) is 5.75 Å². The molecule has 0 amide bonds. The highest BCUT2D eigenvalue weighted by Gasteiger charge is 2.56. The van der Waals surface area contributed by atoms with E-state index in [9.17, 15) is 9.59 Å². The number of fused-ring (bicyclic) bond motifs is 2. The first-order valence-corrected chi connectivity index (χ1v) is 8.41. The van der Waals surface area contributed by atoms with Crippen LogP contribution in [0.25, 0.3) is 10.8 Å². The van der Waals surface area contributed by atoms with Gasteiger partial charge < -0.3 is 4.74 Å². The SMILES string of the molecule is CC(=O)c1ccc2ccccc2c1OC(=O)C1[C@H]2CCCC[C@@H]12. The number of benzene rings is 2. The number of carbonyl (C=O) groups is 2. The first kappa shape index (κ1) is 14.4. The third kappa shape index (κ3) is 2.44. The standard InChI is InChI=1S/C20H20O3/c1-12(21)14-11-10-13-6-2-3-7-15(13)19(14)23-20(22)18-16-8-4-5-9-17(16)18/h2-3,6-7,10-11,16-18H,4-5,8-9H2,1H3/t16-,17+,18?. The number of ketones is 1. The summed E-state index contributed by atoms with van der Waals surface area (Å²) < 4.78 is 5.78. The van der Waals surface area contributed by atoms with Crippen LogP contribution in [0.4, 0.5) is 0 Å². The molecule has 0 heterocycles. The van der Waals surface area contributed by atoms with E-state index in [1.165, 1.54) is 19.8 Å². The lowest BCUT2D eigenvalue weighted by Crippen LogP contribution is -2.14. The van der Waals surface area contributed by atoms with Crippen molar-refractivity contribution in [2.24, 2.45) is 17.8 Å². The Morgan fingerprint density at radius 2 is 1.70 bits per heavy atom. The van der Waals surface area contributed by atoms with Crippen molar-refractivity contribution in [1.29, 1.82) is 0 Å². The molecule has 2 saturated carbocycles. The molecular formula is C20H20O3. The number of ether oxygens (including phenoxy) is 1. The maximum absolute atomic E-state index is 12.6. The Balaban J connectivity index is 1.69. The van der Waals surface area contributed by atoms with E-state index in [1.807, 2.05) is 30.3 Å². The Bertz CT molecular complexity index is 781. The lowest BCUT2D eigenvalue weighted by Gasteiger charge is -2.11. The van der Waals surface area contributed by atoms with E-state index >= 15 is 0 Å². The molecule has 4 rings (SSSR count). The molecule has 0 bridgehead atoms. The Labute approximate surface area is 135 Å². The van der Waals surface area contributed by atoms with E-state index in [0.717, 1.165) is 23.6 Å². The first-order valence-electron chi connectivity index (χ1n) is 8.41. The van der Waals surface area contributed by atoms with Crippen molar-refractivity contribution in [2.75, 3.05) is 0 Å². The van der Waals surface area contributed by atoms with Gasteiger partial charge in [0.15, 0.2) is 5.78 Å². The van der Waals surface area contributed by atoms with Gasteiger partial charge >= 0.3 is 5.97 Å². The maximum Gasteiger partial charge on any atom is 0.314 e. The van der Waals surface area contributed by atoms with Gasteiger partial charge in [0.25, 0.3) is 0 Å². The molecule has 0 radical (unpaired) electrons. The minimum Gasteiger partial charge on any atom is -0.425 e. The van der Waals surface area contributed by atoms with E-state index < -0.39 is 0 Å². The average molecular weight is 308 g/mol. The summed E-state index contributed by atoms with van der Waals surface area (Å²) in [6, 6.07) is 11.4. The molecule has 2 aromatic rings. The Morgan fingerprint density at radius 3 is 2.39 bits per heavy atom. The van der Waals surface area contributed by atoms with Gasteiger partial charge in [-0.3, -0.25) is 9.59 Å². The zero-order valence-corrected chi connectivity index (χ0v) is 13.2. The summed E-state index contributed by atoms with van der Waals surface area (Å²) in [6.45, 7) is 1.51. The number of esters is 1. The number of Topliss-reactive ketones (excluding diaryl/α,β-unsaturated/α-hetero) is 1. The number of hydrogen-bond donors (Lipinski definition) is 0. The Kier molecular flexibility index (Phi) is 3.44. The zero-order valence-electron chi connectivity index (χ0n) is 13.2. The van der Waals surface area contributed by atoms with Gasteiger partial charge in [-0.25, -0.2) is 0 Å². The van der Waals surface area contributed by atoms with Gasteiger partial charge in [-0.05, 0) is 43.1 Å². The van der Waals surface area contributed by atoms with Crippen LogP contribution in [0, 0.1) is 17.8 Å². The van der Waals surface area contributed by atoms with Crippen molar-refractivity contribution in [3.8, 4) is 5.75 Å². The van der Waals surface area contributed by atoms with Gasteiger partial charge in [-0.1, -0.05) is 43.2 Å². The van der Waals surface area contributed by atoms with E-state index in [2.05, 4.69) is 0 Å². The van der Waals surface area contributed by atoms with E-state index in [4.69, 9.17) is 4.74 Å². The van der Waals surface area contributed by atoms with Crippen molar-refractivity contribution in [3.63, 3.8) is 0 Å². The second-order valence-electron chi connectivity index (χ2n) is 6.78. The minimum atomic E-state index is -0.152. The van der Waals surface area contributed by atoms with Crippen molar-refractivity contribution < 1.29 is 14.3 Å². The van der Waals surface area contributed by atoms with Gasteiger partial charge in [0, 0.05) is 5.39 Å². The molecular weight excluding hydrogens is 288 g/mol. The normalized spacial score (nSPS) is 25.7. The van der Waals surface area contributed by atoms with Crippen LogP contribution in [0.15, 0.2) is 36.4 Å². The highest BCUT2D eigenvalue weighted by Crippen LogP contribution is 2.56. The van der Waals surface area contributed by atoms with Gasteiger partial charge in [0.2, 0.25) is 0 Å². The average Bonchev–Trinajstić information content (AvgIpc) is 3.29. The molecule has 3 heteroatoms. The first-order chi connectivity index (χ1) is 11.2. The van der Waals surface area contributed by atoms with E-state index in [0.29, 0.717) is 23.1 Å². The molecule has 2 aliphatic rings. The lowest BCUT2D eigenvalue weighted by molar-refractivity contribution is -0.136. The fourth-order valence-electron chi connectivity index (χ4n) is 4.14. The molecule has 2 aromatic carbocycles. The van der Waals surface area contributed by atoms with Crippen LogP contribution in [0.3, 0.4) is 0 Å². The highest BCUT2D eigenvalue weighted by atomic mass is 16.5.